The van der Waals surface area contributed by atoms with Gasteiger partial charge in [0.1, 0.15) is 0 Å². The molecule has 0 aromatic heterocycles. The van der Waals surface area contributed by atoms with E-state index in [1.165, 1.54) is 5.56 Å². The third-order valence-electron chi connectivity index (χ3n) is 4.63. The van der Waals surface area contributed by atoms with Crippen LogP contribution in [0.1, 0.15) is 56.0 Å². The molecule has 0 fully saturated rings. The van der Waals surface area contributed by atoms with Gasteiger partial charge in [0, 0.05) is 23.5 Å². The summed E-state index contributed by atoms with van der Waals surface area (Å²) in [5.74, 6) is 0. The van der Waals surface area contributed by atoms with Gasteiger partial charge in [-0.05, 0) is 52.8 Å². The summed E-state index contributed by atoms with van der Waals surface area (Å²) in [6.45, 7) is 12.3. The SMILES string of the molecule is C=Cc1cc(C(C)NC(=O)Nc2ccc(C(C)(C)C)cc2)ccc1CNS(=O)[O-]. The molecule has 0 saturated heterocycles. The van der Waals surface area contributed by atoms with Gasteiger partial charge in [0.25, 0.3) is 0 Å². The van der Waals surface area contributed by atoms with Gasteiger partial charge >= 0.3 is 6.03 Å². The topological polar surface area (TPSA) is 93.3 Å². The third kappa shape index (κ3) is 6.81. The summed E-state index contributed by atoms with van der Waals surface area (Å²) in [4.78, 5) is 12.4. The van der Waals surface area contributed by atoms with Gasteiger partial charge in [-0.1, -0.05) is 57.7 Å². The number of amides is 2. The molecule has 0 bridgehead atoms. The second-order valence-corrected chi connectivity index (χ2v) is 8.62. The minimum Gasteiger partial charge on any atom is -0.760 e. The maximum Gasteiger partial charge on any atom is 0.319 e. The van der Waals surface area contributed by atoms with Crippen molar-refractivity contribution in [2.45, 2.75) is 45.7 Å². The van der Waals surface area contributed by atoms with Gasteiger partial charge in [-0.25, -0.2) is 9.52 Å². The maximum absolute atomic E-state index is 12.4. The standard InChI is InChI=1S/C22H29N3O3S/c1-6-16-13-17(7-8-18(16)14-23-29(27)28)15(2)24-21(26)25-20-11-9-19(10-12-20)22(3,4)5/h6-13,15,23H,1,14H2,2-5H3,(H,27,28)(H2,24,25,26)/p-1. The Morgan fingerprint density at radius 2 is 1.86 bits per heavy atom. The van der Waals surface area contributed by atoms with E-state index < -0.39 is 11.3 Å². The summed E-state index contributed by atoms with van der Waals surface area (Å²) in [6.07, 6.45) is 1.66. The fraction of sp³-hybridized carbons (Fsp3) is 0.318. The zero-order valence-corrected chi connectivity index (χ0v) is 18.1. The molecule has 0 aliphatic heterocycles. The number of urea groups is 1. The molecule has 2 amide bonds. The predicted octanol–water partition coefficient (Wildman–Crippen LogP) is 4.39. The van der Waals surface area contributed by atoms with Crippen LogP contribution >= 0.6 is 0 Å². The van der Waals surface area contributed by atoms with Gasteiger partial charge in [0.05, 0.1) is 6.04 Å². The lowest BCUT2D eigenvalue weighted by Crippen LogP contribution is -2.31. The van der Waals surface area contributed by atoms with Crippen LogP contribution in [0.5, 0.6) is 0 Å². The van der Waals surface area contributed by atoms with Gasteiger partial charge in [0.2, 0.25) is 0 Å². The molecule has 156 valence electrons. The first-order valence-corrected chi connectivity index (χ1v) is 10.4. The molecule has 2 aromatic rings. The number of rotatable bonds is 7. The molecule has 0 aliphatic carbocycles. The van der Waals surface area contributed by atoms with Crippen molar-refractivity contribution in [2.75, 3.05) is 5.32 Å². The first-order valence-electron chi connectivity index (χ1n) is 9.36. The van der Waals surface area contributed by atoms with Crippen LogP contribution in [-0.4, -0.2) is 14.8 Å². The molecule has 2 rings (SSSR count). The van der Waals surface area contributed by atoms with Crippen molar-refractivity contribution in [3.8, 4) is 0 Å². The van der Waals surface area contributed by atoms with E-state index in [2.05, 4.69) is 42.7 Å². The third-order valence-corrected chi connectivity index (χ3v) is 5.01. The van der Waals surface area contributed by atoms with Gasteiger partial charge in [0.15, 0.2) is 0 Å². The van der Waals surface area contributed by atoms with Crippen molar-refractivity contribution in [3.05, 3.63) is 71.3 Å². The first kappa shape index (κ1) is 22.8. The van der Waals surface area contributed by atoms with E-state index in [1.807, 2.05) is 49.4 Å². The molecule has 6 nitrogen and oxygen atoms in total. The Balaban J connectivity index is 2.01. The average Bonchev–Trinajstić information content (AvgIpc) is 2.65. The van der Waals surface area contributed by atoms with Crippen molar-refractivity contribution in [2.24, 2.45) is 0 Å². The van der Waals surface area contributed by atoms with E-state index in [-0.39, 0.29) is 24.0 Å². The number of anilines is 1. The number of hydrogen-bond donors (Lipinski definition) is 3. The summed E-state index contributed by atoms with van der Waals surface area (Å²) in [7, 11) is 0. The largest absolute Gasteiger partial charge is 0.760 e. The van der Waals surface area contributed by atoms with E-state index >= 15 is 0 Å². The fourth-order valence-electron chi connectivity index (χ4n) is 2.87. The molecule has 3 N–H and O–H groups in total. The van der Waals surface area contributed by atoms with Crippen molar-refractivity contribution in [1.29, 1.82) is 0 Å². The van der Waals surface area contributed by atoms with E-state index in [0.29, 0.717) is 0 Å². The average molecular weight is 415 g/mol. The van der Waals surface area contributed by atoms with E-state index in [1.54, 1.807) is 6.08 Å². The molecule has 2 aromatic carbocycles. The lowest BCUT2D eigenvalue weighted by molar-refractivity contribution is 0.249. The van der Waals surface area contributed by atoms with E-state index in [9.17, 15) is 13.6 Å². The second-order valence-electron chi connectivity index (χ2n) is 7.87. The molecular formula is C22H28N3O3S-. The highest BCUT2D eigenvalue weighted by molar-refractivity contribution is 7.77. The first-order chi connectivity index (χ1) is 13.6. The molecule has 0 aliphatic rings. The second kappa shape index (κ2) is 9.82. The minimum absolute atomic E-state index is 0.0581. The van der Waals surface area contributed by atoms with Crippen LogP contribution in [0.4, 0.5) is 10.5 Å². The smallest absolute Gasteiger partial charge is 0.319 e. The molecular weight excluding hydrogens is 386 g/mol. The van der Waals surface area contributed by atoms with Crippen LogP contribution in [-0.2, 0) is 23.2 Å². The Morgan fingerprint density at radius 1 is 1.21 bits per heavy atom. The number of carbonyl (C=O) groups is 1. The van der Waals surface area contributed by atoms with E-state index in [4.69, 9.17) is 0 Å². The van der Waals surface area contributed by atoms with Crippen LogP contribution in [0.3, 0.4) is 0 Å². The molecule has 0 spiro atoms. The number of nitrogens with one attached hydrogen (secondary N) is 3. The van der Waals surface area contributed by atoms with Crippen molar-refractivity contribution in [1.82, 2.24) is 10.0 Å². The Labute approximate surface area is 175 Å². The molecule has 0 saturated carbocycles. The highest BCUT2D eigenvalue weighted by Gasteiger charge is 2.14. The van der Waals surface area contributed by atoms with Crippen molar-refractivity contribution in [3.63, 3.8) is 0 Å². The van der Waals surface area contributed by atoms with Crippen LogP contribution in [0.2, 0.25) is 0 Å². The number of benzene rings is 2. The van der Waals surface area contributed by atoms with Crippen molar-refractivity contribution < 1.29 is 13.6 Å². The lowest BCUT2D eigenvalue weighted by Gasteiger charge is -2.20. The van der Waals surface area contributed by atoms with Crippen LogP contribution in [0.25, 0.3) is 6.08 Å². The van der Waals surface area contributed by atoms with Crippen LogP contribution in [0, 0.1) is 0 Å². The Kier molecular flexibility index (Phi) is 7.73. The summed E-state index contributed by atoms with van der Waals surface area (Å²) >= 11 is -2.32. The van der Waals surface area contributed by atoms with Gasteiger partial charge in [-0.15, -0.1) is 0 Å². The summed E-state index contributed by atoms with van der Waals surface area (Å²) in [5.41, 5.74) is 4.49. The summed E-state index contributed by atoms with van der Waals surface area (Å²) < 4.78 is 23.7. The Hall–Kier alpha value is -2.48. The Bertz CT molecular complexity index is 889. The summed E-state index contributed by atoms with van der Waals surface area (Å²) in [6, 6.07) is 12.8. The predicted molar refractivity (Wildman–Crippen MR) is 118 cm³/mol. The molecule has 7 heteroatoms. The number of hydrogen-bond acceptors (Lipinski definition) is 3. The number of carbonyl (C=O) groups excluding carboxylic acids is 1. The van der Waals surface area contributed by atoms with Gasteiger partial charge < -0.3 is 15.2 Å². The van der Waals surface area contributed by atoms with E-state index in [0.717, 1.165) is 22.4 Å². The minimum atomic E-state index is -2.32. The van der Waals surface area contributed by atoms with Crippen molar-refractivity contribution >= 4 is 29.1 Å². The molecule has 29 heavy (non-hydrogen) atoms. The quantitative estimate of drug-likeness (QED) is 0.587. The molecule has 0 heterocycles. The molecule has 0 radical (unpaired) electrons. The fourth-order valence-corrected chi connectivity index (χ4v) is 3.14. The normalized spacial score (nSPS) is 13.4. The lowest BCUT2D eigenvalue weighted by atomic mass is 9.87. The Morgan fingerprint density at radius 3 is 2.41 bits per heavy atom. The molecule has 2 atom stereocenters. The van der Waals surface area contributed by atoms with Crippen LogP contribution < -0.4 is 15.4 Å². The zero-order chi connectivity index (χ0) is 21.6. The molecule has 2 unspecified atom stereocenters. The maximum atomic E-state index is 12.4. The van der Waals surface area contributed by atoms with Gasteiger partial charge in [-0.2, -0.15) is 0 Å². The summed E-state index contributed by atoms with van der Waals surface area (Å²) in [5, 5.41) is 5.76. The van der Waals surface area contributed by atoms with Gasteiger partial charge in [-0.3, -0.25) is 4.21 Å². The zero-order valence-electron chi connectivity index (χ0n) is 17.2. The monoisotopic (exact) mass is 414 g/mol. The highest BCUT2D eigenvalue weighted by atomic mass is 32.2. The van der Waals surface area contributed by atoms with Crippen LogP contribution in [0.15, 0.2) is 49.0 Å². The highest BCUT2D eigenvalue weighted by Crippen LogP contribution is 2.24.